The molecule has 1 aromatic rings. The first-order chi connectivity index (χ1) is 8.62. The van der Waals surface area contributed by atoms with Crippen LogP contribution in [0.5, 0.6) is 0 Å². The third-order valence-corrected chi connectivity index (χ3v) is 2.36. The van der Waals surface area contributed by atoms with Crippen molar-refractivity contribution in [3.05, 3.63) is 33.9 Å². The highest BCUT2D eigenvalue weighted by molar-refractivity contribution is 6.54. The van der Waals surface area contributed by atoms with Crippen molar-refractivity contribution >= 4 is 40.5 Å². The van der Waals surface area contributed by atoms with Crippen LogP contribution in [0.15, 0.2) is 18.2 Å². The molecule has 1 aromatic carbocycles. The molecule has 5 nitrogen and oxygen atoms in total. The number of halogens is 5. The minimum atomic E-state index is -4.93. The molecule has 104 valence electrons. The fourth-order valence-electron chi connectivity index (χ4n) is 1.20. The number of nitro groups is 1. The summed E-state index contributed by atoms with van der Waals surface area (Å²) in [6, 6.07) is 2.02. The lowest BCUT2D eigenvalue weighted by molar-refractivity contribution is -0.388. The number of carbonyl (C=O) groups is 1. The molecular formula is C9H5Cl2F3N2O3. The predicted molar refractivity (Wildman–Crippen MR) is 62.2 cm³/mol. The van der Waals surface area contributed by atoms with Crippen LogP contribution in [-0.2, 0) is 11.0 Å². The molecule has 0 radical (unpaired) electrons. The molecule has 0 spiro atoms. The largest absolute Gasteiger partial charge is 0.423 e. The van der Waals surface area contributed by atoms with Gasteiger partial charge in [0, 0.05) is 11.8 Å². The summed E-state index contributed by atoms with van der Waals surface area (Å²) in [5, 5.41) is 12.5. The SMILES string of the molecule is O=C(Nc1ccc([N+](=O)[O-])c(C(F)(F)F)c1)C(Cl)Cl. The Kier molecular flexibility index (Phi) is 4.59. The molecule has 0 bridgehead atoms. The molecule has 0 saturated heterocycles. The summed E-state index contributed by atoms with van der Waals surface area (Å²) >= 11 is 10.4. The zero-order valence-corrected chi connectivity index (χ0v) is 10.4. The predicted octanol–water partition coefficient (Wildman–Crippen LogP) is 3.36. The Morgan fingerprint density at radius 1 is 1.37 bits per heavy atom. The van der Waals surface area contributed by atoms with E-state index in [0.29, 0.717) is 12.1 Å². The molecule has 1 N–H and O–H groups in total. The number of hydrogen-bond acceptors (Lipinski definition) is 3. The number of hydrogen-bond donors (Lipinski definition) is 1. The van der Waals surface area contributed by atoms with Crippen molar-refractivity contribution < 1.29 is 22.9 Å². The van der Waals surface area contributed by atoms with Crippen molar-refractivity contribution in [2.45, 2.75) is 11.0 Å². The zero-order valence-electron chi connectivity index (χ0n) is 8.87. The van der Waals surface area contributed by atoms with Crippen LogP contribution >= 0.6 is 23.2 Å². The van der Waals surface area contributed by atoms with E-state index in [0.717, 1.165) is 6.07 Å². The Labute approximate surface area is 114 Å². The minimum absolute atomic E-state index is 0.297. The summed E-state index contributed by atoms with van der Waals surface area (Å²) in [5.74, 6) is -0.940. The third kappa shape index (κ3) is 3.97. The van der Waals surface area contributed by atoms with Crippen LogP contribution in [0.4, 0.5) is 24.5 Å². The molecule has 0 aliphatic rings. The fourth-order valence-corrected chi connectivity index (χ4v) is 1.31. The van der Waals surface area contributed by atoms with Gasteiger partial charge in [0.2, 0.25) is 0 Å². The van der Waals surface area contributed by atoms with Gasteiger partial charge in [0.1, 0.15) is 5.56 Å². The Bertz CT molecular complexity index is 520. The van der Waals surface area contributed by atoms with Crippen molar-refractivity contribution in [2.24, 2.45) is 0 Å². The Morgan fingerprint density at radius 2 is 1.95 bits per heavy atom. The molecule has 0 fully saturated rings. The maximum Gasteiger partial charge on any atom is 0.423 e. The molecule has 1 rings (SSSR count). The molecule has 10 heteroatoms. The molecule has 0 aliphatic heterocycles. The maximum atomic E-state index is 12.6. The van der Waals surface area contributed by atoms with Crippen LogP contribution in [0.2, 0.25) is 0 Å². The number of amides is 1. The van der Waals surface area contributed by atoms with E-state index in [1.807, 2.05) is 5.32 Å². The smallest absolute Gasteiger partial charge is 0.324 e. The van der Waals surface area contributed by atoms with Gasteiger partial charge in [0.15, 0.2) is 4.84 Å². The summed E-state index contributed by atoms with van der Waals surface area (Å²) in [5.41, 5.74) is -2.89. The highest BCUT2D eigenvalue weighted by atomic mass is 35.5. The average Bonchev–Trinajstić information content (AvgIpc) is 2.27. The van der Waals surface area contributed by atoms with Crippen molar-refractivity contribution in [1.29, 1.82) is 0 Å². The number of nitrogens with one attached hydrogen (secondary N) is 1. The van der Waals surface area contributed by atoms with E-state index in [9.17, 15) is 28.1 Å². The van der Waals surface area contributed by atoms with Gasteiger partial charge in [-0.2, -0.15) is 13.2 Å². The van der Waals surface area contributed by atoms with Crippen LogP contribution < -0.4 is 5.32 Å². The quantitative estimate of drug-likeness (QED) is 0.528. The monoisotopic (exact) mass is 316 g/mol. The van der Waals surface area contributed by atoms with E-state index in [4.69, 9.17) is 23.2 Å². The Morgan fingerprint density at radius 3 is 2.37 bits per heavy atom. The second-order valence-electron chi connectivity index (χ2n) is 3.28. The molecular weight excluding hydrogens is 312 g/mol. The number of benzene rings is 1. The lowest BCUT2D eigenvalue weighted by Gasteiger charge is -2.10. The first-order valence-corrected chi connectivity index (χ1v) is 5.45. The van der Waals surface area contributed by atoms with Crippen molar-refractivity contribution in [3.8, 4) is 0 Å². The van der Waals surface area contributed by atoms with Crippen LogP contribution in [0.1, 0.15) is 5.56 Å². The summed E-state index contributed by atoms with van der Waals surface area (Å²) in [7, 11) is 0. The third-order valence-electron chi connectivity index (χ3n) is 1.96. The van der Waals surface area contributed by atoms with Gasteiger partial charge in [-0.25, -0.2) is 0 Å². The standard InChI is InChI=1S/C9H5Cl2F3N2O3/c10-7(11)8(17)15-4-1-2-6(16(18)19)5(3-4)9(12,13)14/h1-3,7H,(H,15,17). The second-order valence-corrected chi connectivity index (χ2v) is 4.37. The molecule has 19 heavy (non-hydrogen) atoms. The van der Waals surface area contributed by atoms with Gasteiger partial charge in [-0.05, 0) is 12.1 Å². The van der Waals surface area contributed by atoms with Gasteiger partial charge in [0.25, 0.3) is 11.6 Å². The number of rotatable bonds is 3. The van der Waals surface area contributed by atoms with Crippen LogP contribution in [0.25, 0.3) is 0 Å². The molecule has 0 atom stereocenters. The summed E-state index contributed by atoms with van der Waals surface area (Å²) < 4.78 is 37.8. The van der Waals surface area contributed by atoms with Gasteiger partial charge in [-0.1, -0.05) is 23.2 Å². The molecule has 1 amide bonds. The number of anilines is 1. The molecule has 0 saturated carbocycles. The lowest BCUT2D eigenvalue weighted by Crippen LogP contribution is -2.19. The number of nitro benzene ring substituents is 1. The first kappa shape index (κ1) is 15.5. The summed E-state index contributed by atoms with van der Waals surface area (Å²) in [4.78, 5) is 19.0. The fraction of sp³-hybridized carbons (Fsp3) is 0.222. The maximum absolute atomic E-state index is 12.6. The summed E-state index contributed by atoms with van der Waals surface area (Å²) in [6.07, 6.45) is -4.93. The van der Waals surface area contributed by atoms with E-state index in [1.54, 1.807) is 0 Å². The molecule has 0 aliphatic carbocycles. The highest BCUT2D eigenvalue weighted by Gasteiger charge is 2.38. The number of carbonyl (C=O) groups excluding carboxylic acids is 1. The summed E-state index contributed by atoms with van der Waals surface area (Å²) in [6.45, 7) is 0. The molecule has 0 aromatic heterocycles. The highest BCUT2D eigenvalue weighted by Crippen LogP contribution is 2.37. The van der Waals surface area contributed by atoms with Gasteiger partial charge in [-0.15, -0.1) is 0 Å². The first-order valence-electron chi connectivity index (χ1n) is 4.57. The van der Waals surface area contributed by atoms with Gasteiger partial charge in [0.05, 0.1) is 4.92 Å². The lowest BCUT2D eigenvalue weighted by atomic mass is 10.1. The Balaban J connectivity index is 3.19. The minimum Gasteiger partial charge on any atom is -0.324 e. The van der Waals surface area contributed by atoms with Crippen molar-refractivity contribution in [2.75, 3.05) is 5.32 Å². The van der Waals surface area contributed by atoms with Crippen molar-refractivity contribution in [1.82, 2.24) is 0 Å². The van der Waals surface area contributed by atoms with Crippen LogP contribution in [0.3, 0.4) is 0 Å². The normalized spacial score (nSPS) is 11.5. The number of alkyl halides is 5. The average molecular weight is 317 g/mol. The van der Waals surface area contributed by atoms with Gasteiger partial charge < -0.3 is 5.32 Å². The second kappa shape index (κ2) is 5.62. The van der Waals surface area contributed by atoms with E-state index in [1.165, 1.54) is 0 Å². The molecule has 0 heterocycles. The van der Waals surface area contributed by atoms with Crippen LogP contribution in [-0.4, -0.2) is 15.7 Å². The van der Waals surface area contributed by atoms with Gasteiger partial charge >= 0.3 is 6.18 Å². The van der Waals surface area contributed by atoms with Crippen LogP contribution in [0, 0.1) is 10.1 Å². The topological polar surface area (TPSA) is 72.2 Å². The Hall–Kier alpha value is -1.54. The van der Waals surface area contributed by atoms with E-state index in [2.05, 4.69) is 0 Å². The van der Waals surface area contributed by atoms with E-state index >= 15 is 0 Å². The van der Waals surface area contributed by atoms with E-state index in [-0.39, 0.29) is 5.69 Å². The zero-order chi connectivity index (χ0) is 14.8. The van der Waals surface area contributed by atoms with Crippen molar-refractivity contribution in [3.63, 3.8) is 0 Å². The molecule has 0 unspecified atom stereocenters. The van der Waals surface area contributed by atoms with E-state index < -0.39 is 33.1 Å². The number of nitrogens with zero attached hydrogens (tertiary/aromatic N) is 1. The van der Waals surface area contributed by atoms with Gasteiger partial charge in [-0.3, -0.25) is 14.9 Å².